The minimum absolute atomic E-state index is 0.0456. The molecule has 0 bridgehead atoms. The van der Waals surface area contributed by atoms with Crippen LogP contribution >= 0.6 is 23.1 Å². The molecule has 9 heteroatoms. The third-order valence-electron chi connectivity index (χ3n) is 5.33. The predicted molar refractivity (Wildman–Crippen MR) is 122 cm³/mol. The van der Waals surface area contributed by atoms with Crippen molar-refractivity contribution in [1.82, 2.24) is 29.9 Å². The second kappa shape index (κ2) is 9.33. The van der Waals surface area contributed by atoms with Crippen LogP contribution < -0.4 is 0 Å². The van der Waals surface area contributed by atoms with Gasteiger partial charge in [0.1, 0.15) is 0 Å². The van der Waals surface area contributed by atoms with Gasteiger partial charge in [-0.3, -0.25) is 9.47 Å². The summed E-state index contributed by atoms with van der Waals surface area (Å²) >= 11 is 3.18. The summed E-state index contributed by atoms with van der Waals surface area (Å²) in [5.41, 5.74) is 1.07. The van der Waals surface area contributed by atoms with Crippen LogP contribution in [0.1, 0.15) is 43.2 Å². The number of para-hydroxylation sites is 1. The van der Waals surface area contributed by atoms with E-state index in [0.717, 1.165) is 41.2 Å². The average molecular weight is 453 g/mol. The summed E-state index contributed by atoms with van der Waals surface area (Å²) in [7, 11) is 0. The van der Waals surface area contributed by atoms with Gasteiger partial charge in [0.05, 0.1) is 16.7 Å². The van der Waals surface area contributed by atoms with Gasteiger partial charge in [0.15, 0.2) is 11.0 Å². The minimum atomic E-state index is -0.0456. The van der Waals surface area contributed by atoms with Crippen molar-refractivity contribution in [1.29, 1.82) is 0 Å². The highest BCUT2D eigenvalue weighted by Gasteiger charge is 2.23. The highest BCUT2D eigenvalue weighted by molar-refractivity contribution is 7.99. The molecule has 4 aromatic rings. The molecule has 31 heavy (non-hydrogen) atoms. The molecule has 7 nitrogen and oxygen atoms in total. The highest BCUT2D eigenvalue weighted by atomic mass is 32.2. The zero-order valence-electron chi connectivity index (χ0n) is 17.3. The van der Waals surface area contributed by atoms with Crippen LogP contribution in [-0.4, -0.2) is 43.0 Å². The zero-order chi connectivity index (χ0) is 21.0. The van der Waals surface area contributed by atoms with Gasteiger partial charge < -0.3 is 4.42 Å². The van der Waals surface area contributed by atoms with Gasteiger partial charge in [-0.1, -0.05) is 42.4 Å². The molecule has 4 heterocycles. The molecule has 1 aliphatic rings. The Morgan fingerprint density at radius 3 is 2.61 bits per heavy atom. The van der Waals surface area contributed by atoms with Crippen LogP contribution in [0.4, 0.5) is 0 Å². The number of benzene rings is 1. The number of likely N-dealkylation sites (tertiary alicyclic amines) is 1. The minimum Gasteiger partial charge on any atom is -0.419 e. The van der Waals surface area contributed by atoms with Crippen LogP contribution in [-0.2, 0) is 6.54 Å². The smallest absolute Gasteiger partial charge is 0.257 e. The molecule has 1 saturated heterocycles. The number of thioether (sulfide) groups is 1. The second-order valence-corrected chi connectivity index (χ2v) is 9.85. The Morgan fingerprint density at radius 2 is 1.84 bits per heavy atom. The molecule has 1 unspecified atom stereocenters. The van der Waals surface area contributed by atoms with Crippen LogP contribution in [0.25, 0.3) is 16.5 Å². The maximum atomic E-state index is 5.94. The summed E-state index contributed by atoms with van der Waals surface area (Å²) in [6, 6.07) is 14.3. The van der Waals surface area contributed by atoms with Gasteiger partial charge >= 0.3 is 0 Å². The van der Waals surface area contributed by atoms with Crippen LogP contribution in [0.3, 0.4) is 0 Å². The van der Waals surface area contributed by atoms with Gasteiger partial charge in [0.25, 0.3) is 5.89 Å². The fourth-order valence-corrected chi connectivity index (χ4v) is 5.30. The molecule has 1 fully saturated rings. The molecule has 1 aromatic carbocycles. The lowest BCUT2D eigenvalue weighted by molar-refractivity contribution is 0.214. The van der Waals surface area contributed by atoms with Crippen molar-refractivity contribution >= 4 is 23.1 Å². The lowest BCUT2D eigenvalue weighted by Gasteiger charge is -2.26. The number of thiophene rings is 1. The van der Waals surface area contributed by atoms with E-state index in [-0.39, 0.29) is 5.25 Å². The zero-order valence-corrected chi connectivity index (χ0v) is 19.0. The van der Waals surface area contributed by atoms with E-state index >= 15 is 0 Å². The third kappa shape index (κ3) is 4.58. The van der Waals surface area contributed by atoms with Crippen molar-refractivity contribution in [3.05, 3.63) is 59.6 Å². The fourth-order valence-electron chi connectivity index (χ4n) is 3.74. The van der Waals surface area contributed by atoms with Crippen LogP contribution in [0, 0.1) is 0 Å². The van der Waals surface area contributed by atoms with Crippen LogP contribution in [0.5, 0.6) is 0 Å². The summed E-state index contributed by atoms with van der Waals surface area (Å²) in [5, 5.41) is 20.4. The number of aromatic nitrogens is 5. The lowest BCUT2D eigenvalue weighted by Crippen LogP contribution is -2.30. The molecule has 0 saturated carbocycles. The molecule has 5 rings (SSSR count). The normalized spacial score (nSPS) is 15.9. The maximum Gasteiger partial charge on any atom is 0.257 e. The Kier molecular flexibility index (Phi) is 6.15. The van der Waals surface area contributed by atoms with E-state index in [0.29, 0.717) is 11.8 Å². The summed E-state index contributed by atoms with van der Waals surface area (Å²) in [6.07, 6.45) is 3.82. The van der Waals surface area contributed by atoms with Crippen molar-refractivity contribution in [2.24, 2.45) is 0 Å². The quantitative estimate of drug-likeness (QED) is 0.356. The molecule has 0 spiro atoms. The summed E-state index contributed by atoms with van der Waals surface area (Å²) in [6.45, 7) is 5.10. The van der Waals surface area contributed by atoms with Crippen molar-refractivity contribution in [3.63, 3.8) is 0 Å². The average Bonchev–Trinajstić information content (AvgIpc) is 3.56. The summed E-state index contributed by atoms with van der Waals surface area (Å²) in [5.74, 6) is 2.12. The molecular formula is C22H24N6OS2. The largest absolute Gasteiger partial charge is 0.419 e. The first-order chi connectivity index (χ1) is 15.3. The first-order valence-corrected chi connectivity index (χ1v) is 12.3. The Morgan fingerprint density at radius 1 is 1.00 bits per heavy atom. The predicted octanol–water partition coefficient (Wildman–Crippen LogP) is 5.22. The van der Waals surface area contributed by atoms with Crippen molar-refractivity contribution in [3.8, 4) is 16.5 Å². The monoisotopic (exact) mass is 452 g/mol. The Labute approximate surface area is 189 Å². The first kappa shape index (κ1) is 20.4. The summed E-state index contributed by atoms with van der Waals surface area (Å²) in [4.78, 5) is 3.45. The third-order valence-corrected chi connectivity index (χ3v) is 7.22. The van der Waals surface area contributed by atoms with E-state index in [2.05, 4.69) is 48.9 Å². The van der Waals surface area contributed by atoms with E-state index in [1.807, 2.05) is 35.7 Å². The molecule has 160 valence electrons. The molecule has 1 atom stereocenters. The van der Waals surface area contributed by atoms with Gasteiger partial charge in [-0.15, -0.1) is 31.7 Å². The van der Waals surface area contributed by atoms with Crippen LogP contribution in [0.15, 0.2) is 57.4 Å². The van der Waals surface area contributed by atoms with Gasteiger partial charge in [0.2, 0.25) is 5.89 Å². The number of hydrogen-bond donors (Lipinski definition) is 0. The standard InChI is InChI=1S/C22H24N6OS2/c1-16(20-24-25-21(29-20)18-11-8-14-30-18)31-22-26-23-19(15-27-12-6-3-7-13-27)28(22)17-9-4-2-5-10-17/h2,4-5,8-11,14,16H,3,6-7,12-13,15H2,1H3. The Bertz CT molecular complexity index is 1100. The number of piperidine rings is 1. The van der Waals surface area contributed by atoms with Gasteiger partial charge in [0, 0.05) is 5.69 Å². The van der Waals surface area contributed by atoms with Crippen LogP contribution in [0.2, 0.25) is 0 Å². The molecule has 3 aromatic heterocycles. The maximum absolute atomic E-state index is 5.94. The van der Waals surface area contributed by atoms with Gasteiger partial charge in [-0.05, 0) is 56.4 Å². The topological polar surface area (TPSA) is 72.9 Å². The fraction of sp³-hybridized carbons (Fsp3) is 0.364. The van der Waals surface area contributed by atoms with E-state index in [4.69, 9.17) is 4.42 Å². The highest BCUT2D eigenvalue weighted by Crippen LogP contribution is 2.36. The molecule has 1 aliphatic heterocycles. The van der Waals surface area contributed by atoms with E-state index in [1.165, 1.54) is 19.3 Å². The van der Waals surface area contributed by atoms with Crippen molar-refractivity contribution in [2.75, 3.05) is 13.1 Å². The number of rotatable bonds is 7. The Hall–Kier alpha value is -2.49. The molecule has 0 amide bonds. The molecule has 0 radical (unpaired) electrons. The summed E-state index contributed by atoms with van der Waals surface area (Å²) < 4.78 is 8.10. The first-order valence-electron chi connectivity index (χ1n) is 10.5. The van der Waals surface area contributed by atoms with Crippen molar-refractivity contribution in [2.45, 2.75) is 43.1 Å². The molecule has 0 aliphatic carbocycles. The number of hydrogen-bond acceptors (Lipinski definition) is 8. The lowest BCUT2D eigenvalue weighted by atomic mass is 10.1. The van der Waals surface area contributed by atoms with Gasteiger partial charge in [-0.25, -0.2) is 0 Å². The van der Waals surface area contributed by atoms with Crippen molar-refractivity contribution < 1.29 is 4.42 Å². The molecule has 0 N–H and O–H groups in total. The van der Waals surface area contributed by atoms with E-state index < -0.39 is 0 Å². The Balaban J connectivity index is 1.40. The number of nitrogens with zero attached hydrogens (tertiary/aromatic N) is 6. The van der Waals surface area contributed by atoms with Gasteiger partial charge in [-0.2, -0.15) is 0 Å². The second-order valence-electron chi connectivity index (χ2n) is 7.59. The van der Waals surface area contributed by atoms with E-state index in [9.17, 15) is 0 Å². The molecular weight excluding hydrogens is 428 g/mol. The van der Waals surface area contributed by atoms with E-state index in [1.54, 1.807) is 23.1 Å². The SMILES string of the molecule is CC(Sc1nnc(CN2CCCCC2)n1-c1ccccc1)c1nnc(-c2cccs2)o1.